The van der Waals surface area contributed by atoms with Gasteiger partial charge >= 0.3 is 0 Å². The maximum absolute atomic E-state index is 14.3. The largest absolute Gasteiger partial charge is 0.375 e. The molecular weight excluding hydrogens is 243 g/mol. The molecule has 1 heterocycles. The van der Waals surface area contributed by atoms with Gasteiger partial charge in [0.05, 0.1) is 18.4 Å². The van der Waals surface area contributed by atoms with Crippen molar-refractivity contribution in [1.29, 1.82) is 0 Å². The number of halogens is 1. The summed E-state index contributed by atoms with van der Waals surface area (Å²) < 4.78 is 20.0. The van der Waals surface area contributed by atoms with Gasteiger partial charge in [0.25, 0.3) is 0 Å². The first-order valence-electron chi connectivity index (χ1n) is 6.88. The van der Waals surface area contributed by atoms with Gasteiger partial charge in [-0.15, -0.1) is 0 Å². The van der Waals surface area contributed by atoms with Crippen LogP contribution in [0.15, 0.2) is 18.2 Å². The highest BCUT2D eigenvalue weighted by Gasteiger charge is 2.28. The second-order valence-corrected chi connectivity index (χ2v) is 5.33. The molecule has 106 valence electrons. The summed E-state index contributed by atoms with van der Waals surface area (Å²) in [5.74, 6) is -0.152. The third kappa shape index (κ3) is 2.90. The number of ether oxygens (including phenoxy) is 1. The Morgan fingerprint density at radius 3 is 2.84 bits per heavy atom. The predicted octanol–water partition coefficient (Wildman–Crippen LogP) is 2.72. The van der Waals surface area contributed by atoms with Gasteiger partial charge in [-0.2, -0.15) is 0 Å². The van der Waals surface area contributed by atoms with Gasteiger partial charge < -0.3 is 15.0 Å². The van der Waals surface area contributed by atoms with Crippen LogP contribution in [-0.4, -0.2) is 32.3 Å². The zero-order chi connectivity index (χ0) is 14.0. The average molecular weight is 266 g/mol. The lowest BCUT2D eigenvalue weighted by Crippen LogP contribution is -2.48. The van der Waals surface area contributed by atoms with Gasteiger partial charge in [-0.3, -0.25) is 0 Å². The molecule has 0 aromatic heterocycles. The van der Waals surface area contributed by atoms with Crippen LogP contribution in [-0.2, 0) is 4.74 Å². The van der Waals surface area contributed by atoms with Crippen LogP contribution >= 0.6 is 0 Å². The molecule has 1 N–H and O–H groups in total. The molecule has 1 aromatic carbocycles. The van der Waals surface area contributed by atoms with E-state index in [-0.39, 0.29) is 24.0 Å². The molecule has 1 aliphatic heterocycles. The molecule has 3 unspecified atom stereocenters. The first kappa shape index (κ1) is 14.3. The highest BCUT2D eigenvalue weighted by molar-refractivity contribution is 5.57. The minimum Gasteiger partial charge on any atom is -0.375 e. The molecule has 1 saturated heterocycles. The topological polar surface area (TPSA) is 24.5 Å². The number of hydrogen-bond acceptors (Lipinski definition) is 3. The van der Waals surface area contributed by atoms with Crippen LogP contribution in [0.4, 0.5) is 10.1 Å². The Morgan fingerprint density at radius 1 is 1.42 bits per heavy atom. The van der Waals surface area contributed by atoms with Crippen LogP contribution in [0.2, 0.25) is 0 Å². The van der Waals surface area contributed by atoms with Crippen molar-refractivity contribution in [3.8, 4) is 0 Å². The maximum atomic E-state index is 14.3. The molecule has 0 aliphatic carbocycles. The summed E-state index contributed by atoms with van der Waals surface area (Å²) >= 11 is 0. The molecule has 0 radical (unpaired) electrons. The molecule has 19 heavy (non-hydrogen) atoms. The summed E-state index contributed by atoms with van der Waals surface area (Å²) in [6.07, 6.45) is 0.133. The Morgan fingerprint density at radius 2 is 2.16 bits per heavy atom. The summed E-state index contributed by atoms with van der Waals surface area (Å²) in [5, 5.41) is 3.19. The van der Waals surface area contributed by atoms with E-state index in [0.717, 1.165) is 12.1 Å². The first-order chi connectivity index (χ1) is 9.04. The number of nitrogens with zero attached hydrogens (tertiary/aromatic N) is 1. The second kappa shape index (κ2) is 5.88. The quantitative estimate of drug-likeness (QED) is 0.910. The lowest BCUT2D eigenvalue weighted by molar-refractivity contribution is 0.0340. The standard InChI is InChI=1S/C15H23FN2O/c1-10-9-19-11(2)8-18(10)15-13(12(3)17-4)6-5-7-14(15)16/h5-7,10-12,17H,8-9H2,1-4H3. The molecule has 3 nitrogen and oxygen atoms in total. The van der Waals surface area contributed by atoms with Crippen molar-refractivity contribution in [2.45, 2.75) is 39.0 Å². The summed E-state index contributed by atoms with van der Waals surface area (Å²) in [6, 6.07) is 5.61. The van der Waals surface area contributed by atoms with Gasteiger partial charge in [-0.25, -0.2) is 4.39 Å². The molecule has 2 rings (SSSR count). The SMILES string of the molecule is CNC(C)c1cccc(F)c1N1CC(C)OCC1C. The van der Waals surface area contributed by atoms with Crippen LogP contribution in [0, 0.1) is 5.82 Å². The number of para-hydroxylation sites is 1. The van der Waals surface area contributed by atoms with E-state index in [0.29, 0.717) is 12.3 Å². The van der Waals surface area contributed by atoms with Gasteiger partial charge in [-0.05, 0) is 39.4 Å². The molecular formula is C15H23FN2O. The number of hydrogen-bond donors (Lipinski definition) is 1. The van der Waals surface area contributed by atoms with E-state index in [1.54, 1.807) is 6.07 Å². The fourth-order valence-electron chi connectivity index (χ4n) is 2.55. The van der Waals surface area contributed by atoms with Gasteiger partial charge in [0.2, 0.25) is 0 Å². The van der Waals surface area contributed by atoms with E-state index < -0.39 is 0 Å². The monoisotopic (exact) mass is 266 g/mol. The molecule has 0 bridgehead atoms. The number of morpholine rings is 1. The maximum Gasteiger partial charge on any atom is 0.146 e. The molecule has 1 fully saturated rings. The van der Waals surface area contributed by atoms with Crippen LogP contribution in [0.3, 0.4) is 0 Å². The molecule has 1 aromatic rings. The van der Waals surface area contributed by atoms with Crippen LogP contribution < -0.4 is 10.2 Å². The molecule has 0 amide bonds. The highest BCUT2D eigenvalue weighted by Crippen LogP contribution is 2.32. The van der Waals surface area contributed by atoms with Crippen molar-refractivity contribution >= 4 is 5.69 Å². The third-order valence-electron chi connectivity index (χ3n) is 3.81. The van der Waals surface area contributed by atoms with Crippen LogP contribution in [0.1, 0.15) is 32.4 Å². The van der Waals surface area contributed by atoms with Crippen molar-refractivity contribution < 1.29 is 9.13 Å². The predicted molar refractivity (Wildman–Crippen MR) is 76.1 cm³/mol. The van der Waals surface area contributed by atoms with Gasteiger partial charge in [0.15, 0.2) is 0 Å². The van der Waals surface area contributed by atoms with Gasteiger partial charge in [0, 0.05) is 18.6 Å². The lowest BCUT2D eigenvalue weighted by Gasteiger charge is -2.40. The second-order valence-electron chi connectivity index (χ2n) is 5.33. The number of anilines is 1. The molecule has 4 heteroatoms. The fraction of sp³-hybridized carbons (Fsp3) is 0.600. The lowest BCUT2D eigenvalue weighted by atomic mass is 10.0. The average Bonchev–Trinajstić information content (AvgIpc) is 2.40. The van der Waals surface area contributed by atoms with Crippen molar-refractivity contribution in [2.24, 2.45) is 0 Å². The number of benzene rings is 1. The fourth-order valence-corrected chi connectivity index (χ4v) is 2.55. The van der Waals surface area contributed by atoms with E-state index in [2.05, 4.69) is 17.1 Å². The van der Waals surface area contributed by atoms with Crippen molar-refractivity contribution in [3.63, 3.8) is 0 Å². The Kier molecular flexibility index (Phi) is 4.42. The molecule has 0 saturated carbocycles. The van der Waals surface area contributed by atoms with E-state index in [4.69, 9.17) is 4.74 Å². The Balaban J connectivity index is 2.41. The first-order valence-corrected chi connectivity index (χ1v) is 6.88. The van der Waals surface area contributed by atoms with Crippen molar-refractivity contribution in [1.82, 2.24) is 5.32 Å². The smallest absolute Gasteiger partial charge is 0.146 e. The van der Waals surface area contributed by atoms with E-state index >= 15 is 0 Å². The van der Waals surface area contributed by atoms with Crippen LogP contribution in [0.5, 0.6) is 0 Å². The minimum atomic E-state index is -0.152. The molecule has 3 atom stereocenters. The zero-order valence-electron chi connectivity index (χ0n) is 12.1. The Bertz CT molecular complexity index is 438. The van der Waals surface area contributed by atoms with E-state index in [1.165, 1.54) is 6.07 Å². The van der Waals surface area contributed by atoms with Crippen molar-refractivity contribution in [2.75, 3.05) is 25.1 Å². The summed E-state index contributed by atoms with van der Waals surface area (Å²) in [4.78, 5) is 2.13. The Hall–Kier alpha value is -1.13. The number of rotatable bonds is 3. The third-order valence-corrected chi connectivity index (χ3v) is 3.81. The highest BCUT2D eigenvalue weighted by atomic mass is 19.1. The normalized spacial score (nSPS) is 25.4. The van der Waals surface area contributed by atoms with Crippen molar-refractivity contribution in [3.05, 3.63) is 29.6 Å². The zero-order valence-corrected chi connectivity index (χ0v) is 12.1. The van der Waals surface area contributed by atoms with Crippen LogP contribution in [0.25, 0.3) is 0 Å². The Labute approximate surface area is 114 Å². The van der Waals surface area contributed by atoms with Gasteiger partial charge in [0.1, 0.15) is 5.82 Å². The summed E-state index contributed by atoms with van der Waals surface area (Å²) in [6.45, 7) is 7.52. The molecule has 0 spiro atoms. The summed E-state index contributed by atoms with van der Waals surface area (Å²) in [7, 11) is 1.89. The van der Waals surface area contributed by atoms with Gasteiger partial charge in [-0.1, -0.05) is 12.1 Å². The molecule has 1 aliphatic rings. The number of nitrogens with one attached hydrogen (secondary N) is 1. The summed E-state index contributed by atoms with van der Waals surface area (Å²) in [5.41, 5.74) is 1.72. The minimum absolute atomic E-state index is 0.121. The van der Waals surface area contributed by atoms with E-state index in [9.17, 15) is 4.39 Å². The van der Waals surface area contributed by atoms with E-state index in [1.807, 2.05) is 27.0 Å².